The monoisotopic (exact) mass is 250 g/mol. The van der Waals surface area contributed by atoms with E-state index < -0.39 is 8.80 Å². The van der Waals surface area contributed by atoms with Crippen LogP contribution in [-0.2, 0) is 18.0 Å². The van der Waals surface area contributed by atoms with Gasteiger partial charge in [0.2, 0.25) is 0 Å². The molecule has 6 heteroatoms. The van der Waals surface area contributed by atoms with Crippen molar-refractivity contribution in [2.24, 2.45) is 0 Å². The molecule has 0 saturated carbocycles. The van der Waals surface area contributed by atoms with Crippen molar-refractivity contribution in [3.63, 3.8) is 0 Å². The first kappa shape index (κ1) is 16.0. The molecule has 0 aliphatic carbocycles. The summed E-state index contributed by atoms with van der Waals surface area (Å²) in [5.74, 6) is 0. The predicted molar refractivity (Wildman–Crippen MR) is 65.0 cm³/mol. The van der Waals surface area contributed by atoms with Crippen molar-refractivity contribution in [3.05, 3.63) is 6.92 Å². The van der Waals surface area contributed by atoms with Crippen LogP contribution in [-0.4, -0.2) is 68.0 Å². The maximum absolute atomic E-state index is 5.72. The average molecular weight is 250 g/mol. The van der Waals surface area contributed by atoms with E-state index in [0.29, 0.717) is 13.0 Å². The normalized spacial score (nSPS) is 14.4. The molecule has 0 aromatic rings. The van der Waals surface area contributed by atoms with Gasteiger partial charge in [0, 0.05) is 27.9 Å². The first-order chi connectivity index (χ1) is 7.56. The third kappa shape index (κ3) is 4.48. The van der Waals surface area contributed by atoms with Gasteiger partial charge in [-0.1, -0.05) is 6.92 Å². The number of likely N-dealkylation sites (N-methyl/N-ethyl adjacent to an activating group) is 1. The van der Waals surface area contributed by atoms with Gasteiger partial charge in [-0.15, -0.1) is 0 Å². The van der Waals surface area contributed by atoms with E-state index in [9.17, 15) is 0 Å². The molecule has 5 nitrogen and oxygen atoms in total. The quantitative estimate of drug-likeness (QED) is 0.560. The van der Waals surface area contributed by atoms with E-state index >= 15 is 0 Å². The maximum atomic E-state index is 5.72. The van der Waals surface area contributed by atoms with Crippen LogP contribution in [0.25, 0.3) is 0 Å². The van der Waals surface area contributed by atoms with Gasteiger partial charge in [-0.05, 0) is 20.5 Å². The van der Waals surface area contributed by atoms with E-state index in [1.54, 1.807) is 21.3 Å². The van der Waals surface area contributed by atoms with Crippen LogP contribution in [0.4, 0.5) is 0 Å². The van der Waals surface area contributed by atoms with Gasteiger partial charge in [0.25, 0.3) is 0 Å². The van der Waals surface area contributed by atoms with E-state index in [-0.39, 0.29) is 5.73 Å². The molecule has 16 heavy (non-hydrogen) atoms. The summed E-state index contributed by atoms with van der Waals surface area (Å²) in [5, 5.41) is 0. The lowest BCUT2D eigenvalue weighted by molar-refractivity contribution is 0.00995. The van der Waals surface area contributed by atoms with Gasteiger partial charge in [-0.3, -0.25) is 0 Å². The third-order valence-electron chi connectivity index (χ3n) is 2.37. The molecule has 1 unspecified atom stereocenters. The summed E-state index contributed by atoms with van der Waals surface area (Å²) in [7, 11) is 6.01. The Morgan fingerprint density at radius 1 is 1.12 bits per heavy atom. The Morgan fingerprint density at radius 3 is 1.94 bits per heavy atom. The van der Waals surface area contributed by atoms with Gasteiger partial charge < -0.3 is 22.9 Å². The van der Waals surface area contributed by atoms with Crippen LogP contribution in [0.3, 0.4) is 0 Å². The number of rotatable bonds is 9. The summed E-state index contributed by atoms with van der Waals surface area (Å²) < 4.78 is 21.8. The summed E-state index contributed by atoms with van der Waals surface area (Å²) in [6, 6.07) is 0. The number of ether oxygens (including phenoxy) is 1. The lowest BCUT2D eigenvalue weighted by Gasteiger charge is -2.31. The summed E-state index contributed by atoms with van der Waals surface area (Å²) in [6.07, 6.45) is 0.565. The molecule has 0 aromatic carbocycles. The van der Waals surface area contributed by atoms with Crippen molar-refractivity contribution >= 4 is 8.80 Å². The van der Waals surface area contributed by atoms with Crippen LogP contribution in [0, 0.1) is 6.92 Å². The lowest BCUT2D eigenvalue weighted by Crippen LogP contribution is -2.55. The SMILES string of the molecule is [CH2]CC(OCCN(C)C)[Si](OC)(OC)OC. The highest BCUT2D eigenvalue weighted by Crippen LogP contribution is 2.17. The molecular formula is C10H24NO4Si. The van der Waals surface area contributed by atoms with Crippen LogP contribution in [0.5, 0.6) is 0 Å². The molecule has 0 fully saturated rings. The fourth-order valence-electron chi connectivity index (χ4n) is 1.38. The second-order valence-electron chi connectivity index (χ2n) is 3.67. The number of hydrogen-bond donors (Lipinski definition) is 0. The Balaban J connectivity index is 4.32. The van der Waals surface area contributed by atoms with Crippen molar-refractivity contribution in [3.8, 4) is 0 Å². The van der Waals surface area contributed by atoms with Gasteiger partial charge in [0.05, 0.1) is 6.61 Å². The van der Waals surface area contributed by atoms with Gasteiger partial charge in [0.15, 0.2) is 0 Å². The molecule has 97 valence electrons. The highest BCUT2D eigenvalue weighted by Gasteiger charge is 2.47. The van der Waals surface area contributed by atoms with E-state index in [1.807, 2.05) is 14.1 Å². The fraction of sp³-hybridized carbons (Fsp3) is 0.900. The smallest absolute Gasteiger partial charge is 0.375 e. The van der Waals surface area contributed by atoms with Crippen molar-refractivity contribution in [2.45, 2.75) is 12.1 Å². The van der Waals surface area contributed by atoms with Gasteiger partial charge >= 0.3 is 8.80 Å². The number of nitrogens with zero attached hydrogens (tertiary/aromatic N) is 1. The molecule has 0 saturated heterocycles. The van der Waals surface area contributed by atoms with Crippen LogP contribution in [0.1, 0.15) is 6.42 Å². The topological polar surface area (TPSA) is 40.2 Å². The predicted octanol–water partition coefficient (Wildman–Crippen LogP) is 0.575. The van der Waals surface area contributed by atoms with Crippen LogP contribution >= 0.6 is 0 Å². The zero-order chi connectivity index (χ0) is 12.6. The van der Waals surface area contributed by atoms with Crippen LogP contribution in [0.15, 0.2) is 0 Å². The van der Waals surface area contributed by atoms with Crippen molar-refractivity contribution in [1.82, 2.24) is 4.90 Å². The fourth-order valence-corrected chi connectivity index (χ4v) is 3.35. The maximum Gasteiger partial charge on any atom is 0.530 e. The third-order valence-corrected chi connectivity index (χ3v) is 5.32. The summed E-state index contributed by atoms with van der Waals surface area (Å²) in [6.45, 7) is 5.30. The lowest BCUT2D eigenvalue weighted by atomic mass is 10.5. The van der Waals surface area contributed by atoms with Gasteiger partial charge in [-0.2, -0.15) is 0 Å². The molecule has 0 heterocycles. The number of hydrogen-bond acceptors (Lipinski definition) is 5. The van der Waals surface area contributed by atoms with Crippen molar-refractivity contribution in [1.29, 1.82) is 0 Å². The van der Waals surface area contributed by atoms with E-state index in [4.69, 9.17) is 18.0 Å². The molecule has 1 radical (unpaired) electrons. The summed E-state index contributed by atoms with van der Waals surface area (Å²) in [5.41, 5.74) is -0.215. The Labute approximate surface area is 100.0 Å². The van der Waals surface area contributed by atoms with Crippen molar-refractivity contribution in [2.75, 3.05) is 48.6 Å². The Hall–Kier alpha value is 0.0169. The minimum atomic E-state index is -2.72. The summed E-state index contributed by atoms with van der Waals surface area (Å²) >= 11 is 0. The molecule has 0 N–H and O–H groups in total. The first-order valence-electron chi connectivity index (χ1n) is 5.27. The zero-order valence-electron chi connectivity index (χ0n) is 11.0. The van der Waals surface area contributed by atoms with Crippen LogP contribution < -0.4 is 0 Å². The average Bonchev–Trinajstić information content (AvgIpc) is 2.29. The van der Waals surface area contributed by atoms with Crippen LogP contribution in [0.2, 0.25) is 0 Å². The summed E-state index contributed by atoms with van der Waals surface area (Å²) in [4.78, 5) is 2.05. The molecule has 0 rings (SSSR count). The van der Waals surface area contributed by atoms with E-state index in [1.165, 1.54) is 0 Å². The molecule has 0 bridgehead atoms. The second kappa shape index (κ2) is 8.16. The minimum absolute atomic E-state index is 0.215. The van der Waals surface area contributed by atoms with Gasteiger partial charge in [-0.25, -0.2) is 0 Å². The highest BCUT2D eigenvalue weighted by molar-refractivity contribution is 6.62. The Kier molecular flexibility index (Phi) is 8.17. The standard InChI is InChI=1S/C10H24NO4Si/c1-7-10(15-9-8-11(2)3)16(12-4,13-5)14-6/h10H,1,7-9H2,2-6H3. The molecule has 0 amide bonds. The Morgan fingerprint density at radius 2 is 1.62 bits per heavy atom. The van der Waals surface area contributed by atoms with E-state index in [2.05, 4.69) is 11.8 Å². The van der Waals surface area contributed by atoms with E-state index in [0.717, 1.165) is 6.54 Å². The molecule has 1 atom stereocenters. The van der Waals surface area contributed by atoms with Crippen molar-refractivity contribution < 1.29 is 18.0 Å². The first-order valence-corrected chi connectivity index (χ1v) is 7.07. The minimum Gasteiger partial charge on any atom is -0.375 e. The molecule has 0 aliphatic rings. The zero-order valence-corrected chi connectivity index (χ0v) is 12.0. The largest absolute Gasteiger partial charge is 0.530 e. The highest BCUT2D eigenvalue weighted by atomic mass is 28.4. The van der Waals surface area contributed by atoms with Gasteiger partial charge in [0.1, 0.15) is 5.73 Å². The Bertz CT molecular complexity index is 168. The second-order valence-corrected chi connectivity index (χ2v) is 6.74. The molecular weight excluding hydrogens is 226 g/mol. The molecule has 0 aliphatic heterocycles. The molecule has 0 spiro atoms. The molecule has 0 aromatic heterocycles.